The quantitative estimate of drug-likeness (QED) is 0.672. The average Bonchev–Trinajstić information content (AvgIpc) is 3.03. The van der Waals surface area contributed by atoms with Crippen LogP contribution in [0.3, 0.4) is 0 Å². The number of fused-ring (bicyclic) bond motifs is 2. The summed E-state index contributed by atoms with van der Waals surface area (Å²) >= 11 is 0. The maximum absolute atomic E-state index is 12.7. The van der Waals surface area contributed by atoms with Gasteiger partial charge in [-0.2, -0.15) is 5.10 Å². The van der Waals surface area contributed by atoms with Gasteiger partial charge in [-0.15, -0.1) is 0 Å². The van der Waals surface area contributed by atoms with Gasteiger partial charge in [-0.1, -0.05) is 6.42 Å². The summed E-state index contributed by atoms with van der Waals surface area (Å²) in [6.07, 6.45) is 5.28. The normalized spacial score (nSPS) is 15.1. The first-order valence-electron chi connectivity index (χ1n) is 8.60. The maximum Gasteiger partial charge on any atom is 0.419 e. The summed E-state index contributed by atoms with van der Waals surface area (Å²) in [6.45, 7) is 0.135. The molecule has 0 saturated heterocycles. The lowest BCUT2D eigenvalue weighted by Gasteiger charge is -2.07. The summed E-state index contributed by atoms with van der Waals surface area (Å²) in [6, 6.07) is 4.36. The van der Waals surface area contributed by atoms with E-state index < -0.39 is 15.8 Å². The van der Waals surface area contributed by atoms with E-state index in [2.05, 4.69) is 14.9 Å². The molecule has 2 heterocycles. The number of aromatic amines is 1. The van der Waals surface area contributed by atoms with E-state index in [0.717, 1.165) is 42.6 Å². The Hall–Kier alpha value is -2.39. The Kier molecular flexibility index (Phi) is 4.20. The summed E-state index contributed by atoms with van der Waals surface area (Å²) in [4.78, 5) is 11.7. The number of aryl methyl sites for hydroxylation is 2. The first-order chi connectivity index (χ1) is 12.5. The van der Waals surface area contributed by atoms with E-state index in [1.165, 1.54) is 36.2 Å². The minimum Gasteiger partial charge on any atom is -0.408 e. The Bertz CT molecular complexity index is 1120. The summed E-state index contributed by atoms with van der Waals surface area (Å²) in [5.74, 6) is -0.526. The molecule has 3 aromatic rings. The van der Waals surface area contributed by atoms with Gasteiger partial charge in [0.2, 0.25) is 10.0 Å². The molecule has 0 atom stereocenters. The molecule has 4 rings (SSSR count). The average molecular weight is 376 g/mol. The van der Waals surface area contributed by atoms with Crippen molar-refractivity contribution in [3.05, 3.63) is 45.7 Å². The number of hydrogen-bond acceptors (Lipinski definition) is 5. The Morgan fingerprint density at radius 1 is 1.27 bits per heavy atom. The predicted molar refractivity (Wildman–Crippen MR) is 95.3 cm³/mol. The van der Waals surface area contributed by atoms with E-state index in [-0.39, 0.29) is 11.4 Å². The monoisotopic (exact) mass is 376 g/mol. The second kappa shape index (κ2) is 6.40. The number of oxazole rings is 1. The molecule has 0 radical (unpaired) electrons. The van der Waals surface area contributed by atoms with Crippen molar-refractivity contribution in [2.45, 2.75) is 43.5 Å². The van der Waals surface area contributed by atoms with Crippen LogP contribution >= 0.6 is 0 Å². The van der Waals surface area contributed by atoms with E-state index >= 15 is 0 Å². The number of hydrogen-bond donors (Lipinski definition) is 2. The van der Waals surface area contributed by atoms with Gasteiger partial charge in [0.15, 0.2) is 5.58 Å². The van der Waals surface area contributed by atoms with Crippen LogP contribution in [0.15, 0.2) is 32.3 Å². The van der Waals surface area contributed by atoms with Crippen LogP contribution in [-0.4, -0.2) is 23.2 Å². The van der Waals surface area contributed by atoms with Crippen molar-refractivity contribution in [1.82, 2.24) is 19.5 Å². The van der Waals surface area contributed by atoms with Crippen molar-refractivity contribution in [3.8, 4) is 0 Å². The molecule has 2 N–H and O–H groups in total. The smallest absolute Gasteiger partial charge is 0.408 e. The van der Waals surface area contributed by atoms with Crippen molar-refractivity contribution in [2.75, 3.05) is 0 Å². The van der Waals surface area contributed by atoms with Gasteiger partial charge in [0.1, 0.15) is 0 Å². The van der Waals surface area contributed by atoms with Gasteiger partial charge in [-0.05, 0) is 49.4 Å². The number of nitrogens with zero attached hydrogens (tertiary/aromatic N) is 2. The van der Waals surface area contributed by atoms with Crippen LogP contribution in [0.25, 0.3) is 11.1 Å². The lowest BCUT2D eigenvalue weighted by atomic mass is 10.1. The molecule has 0 unspecified atom stereocenters. The van der Waals surface area contributed by atoms with Gasteiger partial charge in [0.05, 0.1) is 22.7 Å². The summed E-state index contributed by atoms with van der Waals surface area (Å²) in [5, 5.41) is 7.33. The molecule has 9 heteroatoms. The maximum atomic E-state index is 12.7. The SMILES string of the molecule is Cn1c(=O)oc2ccc(S(=O)(=O)NCc3n[nH]c4c3CCCCC4)cc21. The van der Waals surface area contributed by atoms with Crippen molar-refractivity contribution in [2.24, 2.45) is 7.05 Å². The zero-order valence-corrected chi connectivity index (χ0v) is 15.2. The Morgan fingerprint density at radius 3 is 2.92 bits per heavy atom. The lowest BCUT2D eigenvalue weighted by Crippen LogP contribution is -2.24. The van der Waals surface area contributed by atoms with E-state index in [1.807, 2.05) is 0 Å². The molecule has 0 fully saturated rings. The number of benzene rings is 1. The second-order valence-corrected chi connectivity index (χ2v) is 8.34. The summed E-state index contributed by atoms with van der Waals surface area (Å²) in [5.41, 5.74) is 3.80. The third-order valence-electron chi connectivity index (χ3n) is 4.89. The molecule has 26 heavy (non-hydrogen) atoms. The van der Waals surface area contributed by atoms with Crippen LogP contribution in [0.4, 0.5) is 0 Å². The Morgan fingerprint density at radius 2 is 2.08 bits per heavy atom. The molecular formula is C17H20N4O4S. The van der Waals surface area contributed by atoms with Crippen molar-refractivity contribution in [3.63, 3.8) is 0 Å². The minimum atomic E-state index is -3.73. The number of sulfonamides is 1. The predicted octanol–water partition coefficient (Wildman–Crippen LogP) is 1.60. The molecule has 1 aliphatic rings. The highest BCUT2D eigenvalue weighted by atomic mass is 32.2. The van der Waals surface area contributed by atoms with Gasteiger partial charge >= 0.3 is 5.76 Å². The van der Waals surface area contributed by atoms with Crippen LogP contribution in [0.5, 0.6) is 0 Å². The van der Waals surface area contributed by atoms with E-state index in [0.29, 0.717) is 11.1 Å². The zero-order chi connectivity index (χ0) is 18.3. The third kappa shape index (κ3) is 2.97. The topological polar surface area (TPSA) is 110 Å². The van der Waals surface area contributed by atoms with Crippen LogP contribution in [0, 0.1) is 0 Å². The molecule has 1 aliphatic carbocycles. The van der Waals surface area contributed by atoms with E-state index in [4.69, 9.17) is 4.42 Å². The molecule has 0 amide bonds. The van der Waals surface area contributed by atoms with Crippen molar-refractivity contribution >= 4 is 21.1 Å². The molecule has 0 bridgehead atoms. The summed E-state index contributed by atoms with van der Waals surface area (Å²) in [7, 11) is -2.19. The van der Waals surface area contributed by atoms with E-state index in [9.17, 15) is 13.2 Å². The minimum absolute atomic E-state index is 0.0861. The number of H-pyrrole nitrogens is 1. The van der Waals surface area contributed by atoms with Gasteiger partial charge in [0, 0.05) is 12.7 Å². The van der Waals surface area contributed by atoms with Gasteiger partial charge < -0.3 is 4.42 Å². The molecule has 0 aliphatic heterocycles. The van der Waals surface area contributed by atoms with Crippen molar-refractivity contribution < 1.29 is 12.8 Å². The molecule has 138 valence electrons. The Balaban J connectivity index is 1.59. The molecule has 1 aromatic carbocycles. The third-order valence-corrected chi connectivity index (χ3v) is 6.29. The van der Waals surface area contributed by atoms with Crippen molar-refractivity contribution in [1.29, 1.82) is 0 Å². The van der Waals surface area contributed by atoms with E-state index in [1.54, 1.807) is 0 Å². The van der Waals surface area contributed by atoms with Gasteiger partial charge in [0.25, 0.3) is 0 Å². The van der Waals surface area contributed by atoms with Crippen LogP contribution < -0.4 is 10.5 Å². The first kappa shape index (κ1) is 17.0. The fourth-order valence-electron chi connectivity index (χ4n) is 3.39. The zero-order valence-electron chi connectivity index (χ0n) is 14.4. The molecule has 2 aromatic heterocycles. The summed E-state index contributed by atoms with van der Waals surface area (Å²) < 4.78 is 34.2. The molecular weight excluding hydrogens is 356 g/mol. The standard InChI is InChI=1S/C17H20N4O4S/c1-21-15-9-11(7-8-16(15)25-17(21)22)26(23,24)18-10-14-12-5-3-2-4-6-13(12)19-20-14/h7-9,18H,2-6,10H2,1H3,(H,19,20). The van der Waals surface area contributed by atoms with Crippen LogP contribution in [-0.2, 0) is 36.5 Å². The number of nitrogens with one attached hydrogen (secondary N) is 2. The highest BCUT2D eigenvalue weighted by Gasteiger charge is 2.20. The molecule has 0 spiro atoms. The van der Waals surface area contributed by atoms with Crippen LogP contribution in [0.2, 0.25) is 0 Å². The molecule has 8 nitrogen and oxygen atoms in total. The number of rotatable bonds is 4. The fourth-order valence-corrected chi connectivity index (χ4v) is 4.40. The number of aromatic nitrogens is 3. The first-order valence-corrected chi connectivity index (χ1v) is 10.1. The largest absolute Gasteiger partial charge is 0.419 e. The van der Waals surface area contributed by atoms with Gasteiger partial charge in [-0.25, -0.2) is 17.9 Å². The highest BCUT2D eigenvalue weighted by Crippen LogP contribution is 2.22. The fraction of sp³-hybridized carbons (Fsp3) is 0.412. The molecule has 0 saturated carbocycles. The second-order valence-electron chi connectivity index (χ2n) is 6.57. The highest BCUT2D eigenvalue weighted by molar-refractivity contribution is 7.89. The Labute approximate surface area is 150 Å². The van der Waals surface area contributed by atoms with Gasteiger partial charge in [-0.3, -0.25) is 9.67 Å². The van der Waals surface area contributed by atoms with Crippen LogP contribution in [0.1, 0.15) is 36.2 Å². The lowest BCUT2D eigenvalue weighted by molar-refractivity contribution is 0.528.